The molecule has 0 atom stereocenters. The van der Waals surface area contributed by atoms with Crippen molar-refractivity contribution in [2.24, 2.45) is 0 Å². The first-order valence-corrected chi connectivity index (χ1v) is 10.7. The first kappa shape index (κ1) is 20.0. The number of nitrogens with zero attached hydrogens (tertiary/aromatic N) is 1. The number of rotatable bonds is 7. The third-order valence-corrected chi connectivity index (χ3v) is 6.01. The normalized spacial score (nSPS) is 12.7. The van der Waals surface area contributed by atoms with Crippen LogP contribution in [0.25, 0.3) is 0 Å². The zero-order valence-electron chi connectivity index (χ0n) is 16.2. The maximum absolute atomic E-state index is 12.8. The molecule has 0 bridgehead atoms. The molecule has 0 radical (unpaired) electrons. The second-order valence-electron chi connectivity index (χ2n) is 6.78. The number of fused-ring (bicyclic) bond motifs is 1. The molecule has 0 spiro atoms. The van der Waals surface area contributed by atoms with Crippen molar-refractivity contribution >= 4 is 15.9 Å². The summed E-state index contributed by atoms with van der Waals surface area (Å²) in [5.74, 6) is 1.52. The van der Waals surface area contributed by atoms with Crippen LogP contribution in [0, 0.1) is 0 Å². The monoisotopic (exact) mass is 428 g/mol. The van der Waals surface area contributed by atoms with E-state index in [4.69, 9.17) is 13.9 Å². The topological polar surface area (TPSA) is 98.1 Å². The molecule has 0 saturated carbocycles. The van der Waals surface area contributed by atoms with E-state index in [0.717, 1.165) is 5.56 Å². The number of ether oxygens (including phenoxy) is 2. The van der Waals surface area contributed by atoms with E-state index in [1.54, 1.807) is 37.4 Å². The summed E-state index contributed by atoms with van der Waals surface area (Å²) in [6.45, 7) is 0.545. The molecule has 0 saturated heterocycles. The number of sulfonamides is 1. The van der Waals surface area contributed by atoms with Gasteiger partial charge < -0.3 is 18.8 Å². The lowest BCUT2D eigenvalue weighted by atomic mass is 10.1. The zero-order chi connectivity index (χ0) is 21.1. The Morgan fingerprint density at radius 3 is 2.70 bits per heavy atom. The summed E-state index contributed by atoms with van der Waals surface area (Å²) in [6, 6.07) is 14.8. The fourth-order valence-electron chi connectivity index (χ4n) is 3.06. The van der Waals surface area contributed by atoms with Gasteiger partial charge in [0.2, 0.25) is 16.8 Å². The first-order chi connectivity index (χ1) is 14.4. The van der Waals surface area contributed by atoms with Gasteiger partial charge in [-0.15, -0.1) is 0 Å². The van der Waals surface area contributed by atoms with Crippen LogP contribution in [0.5, 0.6) is 11.5 Å². The highest BCUT2D eigenvalue weighted by molar-refractivity contribution is 7.89. The smallest absolute Gasteiger partial charge is 0.253 e. The Morgan fingerprint density at radius 2 is 1.90 bits per heavy atom. The van der Waals surface area contributed by atoms with Gasteiger partial charge in [-0.2, -0.15) is 0 Å². The Balaban J connectivity index is 1.46. The fourth-order valence-corrected chi connectivity index (χ4v) is 4.10. The van der Waals surface area contributed by atoms with Crippen molar-refractivity contribution in [3.05, 3.63) is 77.7 Å². The first-order valence-electron chi connectivity index (χ1n) is 9.18. The number of carbonyl (C=O) groups excluding carboxylic acids is 1. The summed E-state index contributed by atoms with van der Waals surface area (Å²) in [4.78, 5) is 14.4. The van der Waals surface area contributed by atoms with Gasteiger partial charge in [0.05, 0.1) is 17.7 Å². The predicted molar refractivity (Wildman–Crippen MR) is 108 cm³/mol. The molecule has 2 aromatic carbocycles. The summed E-state index contributed by atoms with van der Waals surface area (Å²) in [5, 5.41) is 0. The van der Waals surface area contributed by atoms with Crippen molar-refractivity contribution in [1.29, 1.82) is 0 Å². The third-order valence-electron chi connectivity index (χ3n) is 4.61. The molecule has 30 heavy (non-hydrogen) atoms. The van der Waals surface area contributed by atoms with Crippen molar-refractivity contribution in [3.63, 3.8) is 0 Å². The van der Waals surface area contributed by atoms with E-state index in [-0.39, 0.29) is 29.7 Å². The molecule has 9 heteroatoms. The van der Waals surface area contributed by atoms with Gasteiger partial charge in [0.1, 0.15) is 5.76 Å². The van der Waals surface area contributed by atoms with Gasteiger partial charge in [0.15, 0.2) is 11.5 Å². The molecular weight excluding hydrogens is 408 g/mol. The summed E-state index contributed by atoms with van der Waals surface area (Å²) in [7, 11) is -2.14. The highest BCUT2D eigenvalue weighted by Gasteiger charge is 2.19. The lowest BCUT2D eigenvalue weighted by molar-refractivity contribution is 0.0784. The minimum atomic E-state index is -3.79. The van der Waals surface area contributed by atoms with Gasteiger partial charge in [-0.05, 0) is 48.0 Å². The fraction of sp³-hybridized carbons (Fsp3) is 0.190. The van der Waals surface area contributed by atoms with Crippen molar-refractivity contribution in [3.8, 4) is 11.5 Å². The lowest BCUT2D eigenvalue weighted by Gasteiger charge is -2.18. The SMILES string of the molecule is CN(Cc1ccc2c(c1)OCO2)C(=O)c1cccc(S(=O)(=O)NCc2ccco2)c1. The molecule has 1 aliphatic heterocycles. The number of furan rings is 1. The lowest BCUT2D eigenvalue weighted by Crippen LogP contribution is -2.27. The van der Waals surface area contributed by atoms with E-state index in [1.165, 1.54) is 23.3 Å². The van der Waals surface area contributed by atoms with Crippen LogP contribution in [0.4, 0.5) is 0 Å². The van der Waals surface area contributed by atoms with Gasteiger partial charge in [-0.1, -0.05) is 12.1 Å². The van der Waals surface area contributed by atoms with E-state index in [2.05, 4.69) is 4.72 Å². The minimum absolute atomic E-state index is 0.0105. The molecule has 1 aromatic heterocycles. The summed E-state index contributed by atoms with van der Waals surface area (Å²) in [5.41, 5.74) is 1.15. The van der Waals surface area contributed by atoms with Crippen molar-refractivity contribution in [2.75, 3.05) is 13.8 Å². The van der Waals surface area contributed by atoms with E-state index >= 15 is 0 Å². The molecule has 8 nitrogen and oxygen atoms in total. The Hall–Kier alpha value is -3.30. The summed E-state index contributed by atoms with van der Waals surface area (Å²) >= 11 is 0. The van der Waals surface area contributed by atoms with Crippen LogP contribution in [0.2, 0.25) is 0 Å². The highest BCUT2D eigenvalue weighted by atomic mass is 32.2. The van der Waals surface area contributed by atoms with Crippen molar-refractivity contribution in [2.45, 2.75) is 18.0 Å². The van der Waals surface area contributed by atoms with Crippen LogP contribution < -0.4 is 14.2 Å². The zero-order valence-corrected chi connectivity index (χ0v) is 17.0. The second-order valence-corrected chi connectivity index (χ2v) is 8.55. The standard InChI is InChI=1S/C21H20N2O6S/c1-23(13-15-7-8-19-20(10-15)29-14-28-19)21(24)16-4-2-6-18(11-16)30(25,26)22-12-17-5-3-9-27-17/h2-11,22H,12-14H2,1H3. The molecular formula is C21H20N2O6S. The van der Waals surface area contributed by atoms with Gasteiger partial charge in [-0.25, -0.2) is 13.1 Å². The Kier molecular flexibility index (Phi) is 5.47. The van der Waals surface area contributed by atoms with Crippen LogP contribution in [0.1, 0.15) is 21.7 Å². The average Bonchev–Trinajstić information content (AvgIpc) is 3.43. The van der Waals surface area contributed by atoms with Crippen LogP contribution >= 0.6 is 0 Å². The molecule has 3 aromatic rings. The maximum atomic E-state index is 12.8. The Morgan fingerprint density at radius 1 is 1.07 bits per heavy atom. The summed E-state index contributed by atoms with van der Waals surface area (Å²) in [6.07, 6.45) is 1.47. The van der Waals surface area contributed by atoms with Crippen LogP contribution in [0.15, 0.2) is 70.2 Å². The highest BCUT2D eigenvalue weighted by Crippen LogP contribution is 2.32. The summed E-state index contributed by atoms with van der Waals surface area (Å²) < 4.78 is 43.4. The third kappa shape index (κ3) is 4.32. The largest absolute Gasteiger partial charge is 0.468 e. The Bertz CT molecular complexity index is 1160. The molecule has 0 unspecified atom stereocenters. The average molecular weight is 428 g/mol. The molecule has 2 heterocycles. The van der Waals surface area contributed by atoms with Crippen molar-refractivity contribution in [1.82, 2.24) is 9.62 Å². The maximum Gasteiger partial charge on any atom is 0.253 e. The van der Waals surface area contributed by atoms with Crippen LogP contribution in [0.3, 0.4) is 0 Å². The number of nitrogens with one attached hydrogen (secondary N) is 1. The van der Waals surface area contributed by atoms with E-state index in [9.17, 15) is 13.2 Å². The van der Waals surface area contributed by atoms with Gasteiger partial charge >= 0.3 is 0 Å². The number of amides is 1. The molecule has 0 fully saturated rings. The quantitative estimate of drug-likeness (QED) is 0.621. The Labute approximate surface area is 174 Å². The van der Waals surface area contributed by atoms with Crippen LogP contribution in [-0.2, 0) is 23.1 Å². The van der Waals surface area contributed by atoms with E-state index < -0.39 is 10.0 Å². The number of hydrogen-bond donors (Lipinski definition) is 1. The molecule has 1 aliphatic rings. The van der Waals surface area contributed by atoms with E-state index in [1.807, 2.05) is 12.1 Å². The number of benzene rings is 2. The molecule has 0 aliphatic carbocycles. The number of carbonyl (C=O) groups is 1. The molecule has 1 N–H and O–H groups in total. The molecule has 4 rings (SSSR count). The van der Waals surface area contributed by atoms with Gasteiger partial charge in [0.25, 0.3) is 5.91 Å². The molecule has 1 amide bonds. The predicted octanol–water partition coefficient (Wildman–Crippen LogP) is 2.76. The number of hydrogen-bond acceptors (Lipinski definition) is 6. The second kappa shape index (κ2) is 8.21. The van der Waals surface area contributed by atoms with Crippen LogP contribution in [-0.4, -0.2) is 33.1 Å². The van der Waals surface area contributed by atoms with E-state index in [0.29, 0.717) is 23.8 Å². The molecule has 156 valence electrons. The van der Waals surface area contributed by atoms with Gasteiger partial charge in [-0.3, -0.25) is 4.79 Å². The van der Waals surface area contributed by atoms with Crippen molar-refractivity contribution < 1.29 is 27.1 Å². The minimum Gasteiger partial charge on any atom is -0.468 e. The van der Waals surface area contributed by atoms with Gasteiger partial charge in [0, 0.05) is 19.2 Å².